The largest absolute Gasteiger partial charge is 0.491 e. The van der Waals surface area contributed by atoms with Crippen LogP contribution in [-0.4, -0.2) is 45.4 Å². The second-order valence-electron chi connectivity index (χ2n) is 5.42. The summed E-state index contributed by atoms with van der Waals surface area (Å²) in [6, 6.07) is 7.47. The quantitative estimate of drug-likeness (QED) is 0.783. The van der Waals surface area contributed by atoms with Crippen molar-refractivity contribution in [2.24, 2.45) is 5.92 Å². The lowest BCUT2D eigenvalue weighted by atomic mass is 9.95. The molecule has 1 aromatic rings. The maximum atomic E-state index is 12.2. The number of ether oxygens (including phenoxy) is 2. The van der Waals surface area contributed by atoms with Crippen LogP contribution >= 0.6 is 12.4 Å². The summed E-state index contributed by atoms with van der Waals surface area (Å²) in [7, 11) is 1.64. The van der Waals surface area contributed by atoms with Crippen LogP contribution in [0.15, 0.2) is 24.3 Å². The molecule has 1 fully saturated rings. The number of halogens is 1. The summed E-state index contributed by atoms with van der Waals surface area (Å²) in [5.41, 5.74) is 0.667. The van der Waals surface area contributed by atoms with Gasteiger partial charge in [0.15, 0.2) is 0 Å². The van der Waals surface area contributed by atoms with Crippen molar-refractivity contribution >= 4 is 18.3 Å². The van der Waals surface area contributed by atoms with Crippen molar-refractivity contribution < 1.29 is 14.3 Å². The number of amides is 1. The Balaban J connectivity index is 0.00000242. The summed E-state index contributed by atoms with van der Waals surface area (Å²) in [5.74, 6) is 1.19. The van der Waals surface area contributed by atoms with E-state index in [1.165, 1.54) is 0 Å². The van der Waals surface area contributed by atoms with Crippen LogP contribution in [-0.2, 0) is 4.74 Å². The Hall–Kier alpha value is -1.30. The van der Waals surface area contributed by atoms with Gasteiger partial charge >= 0.3 is 0 Å². The van der Waals surface area contributed by atoms with E-state index in [-0.39, 0.29) is 24.4 Å². The maximum absolute atomic E-state index is 12.2. The second kappa shape index (κ2) is 9.66. The first kappa shape index (κ1) is 18.7. The Morgan fingerprint density at radius 2 is 2.05 bits per heavy atom. The summed E-state index contributed by atoms with van der Waals surface area (Å²) < 4.78 is 10.4. The number of hydrogen-bond donors (Lipinski definition) is 2. The van der Waals surface area contributed by atoms with E-state index in [0.717, 1.165) is 25.3 Å². The highest BCUT2D eigenvalue weighted by molar-refractivity contribution is 5.94. The lowest BCUT2D eigenvalue weighted by Gasteiger charge is -2.30. The van der Waals surface area contributed by atoms with E-state index in [4.69, 9.17) is 9.47 Å². The van der Waals surface area contributed by atoms with E-state index in [2.05, 4.69) is 17.6 Å². The van der Waals surface area contributed by atoms with Crippen molar-refractivity contribution in [3.8, 4) is 5.75 Å². The fraction of sp³-hybridized carbons (Fsp3) is 0.562. The Labute approximate surface area is 138 Å². The van der Waals surface area contributed by atoms with Crippen LogP contribution in [0.1, 0.15) is 23.7 Å². The fourth-order valence-corrected chi connectivity index (χ4v) is 2.43. The van der Waals surface area contributed by atoms with Gasteiger partial charge in [-0.2, -0.15) is 0 Å². The number of rotatable bonds is 6. The van der Waals surface area contributed by atoms with Crippen molar-refractivity contribution in [2.45, 2.75) is 19.4 Å². The van der Waals surface area contributed by atoms with Crippen molar-refractivity contribution in [1.29, 1.82) is 0 Å². The molecule has 1 aliphatic rings. The fourth-order valence-electron chi connectivity index (χ4n) is 2.43. The standard InChI is InChI=1S/C16H24N2O3.ClH/c1-12-11-17-8-7-15(12)18-16(19)13-3-5-14(6-4-13)21-10-9-20-2;/h3-6,12,15,17H,7-11H2,1-2H3,(H,18,19);1H. The van der Waals surface area contributed by atoms with E-state index < -0.39 is 0 Å². The van der Waals surface area contributed by atoms with E-state index >= 15 is 0 Å². The van der Waals surface area contributed by atoms with E-state index in [1.807, 2.05) is 12.1 Å². The van der Waals surface area contributed by atoms with Gasteiger partial charge in [0.2, 0.25) is 0 Å². The molecule has 1 saturated heterocycles. The number of nitrogens with one attached hydrogen (secondary N) is 2. The molecule has 0 saturated carbocycles. The first-order valence-electron chi connectivity index (χ1n) is 7.44. The van der Waals surface area contributed by atoms with Crippen LogP contribution in [0, 0.1) is 5.92 Å². The molecule has 1 aliphatic heterocycles. The van der Waals surface area contributed by atoms with Crippen LogP contribution in [0.4, 0.5) is 0 Å². The highest BCUT2D eigenvalue weighted by Crippen LogP contribution is 2.14. The molecule has 2 N–H and O–H groups in total. The van der Waals surface area contributed by atoms with E-state index in [9.17, 15) is 4.79 Å². The highest BCUT2D eigenvalue weighted by Gasteiger charge is 2.22. The molecule has 22 heavy (non-hydrogen) atoms. The average molecular weight is 329 g/mol. The van der Waals surface area contributed by atoms with Crippen molar-refractivity contribution in [2.75, 3.05) is 33.4 Å². The van der Waals surface area contributed by atoms with Crippen LogP contribution in [0.2, 0.25) is 0 Å². The van der Waals surface area contributed by atoms with Gasteiger partial charge in [-0.3, -0.25) is 4.79 Å². The molecule has 0 aliphatic carbocycles. The minimum atomic E-state index is -0.0165. The number of piperidine rings is 1. The minimum absolute atomic E-state index is 0. The Morgan fingerprint density at radius 1 is 1.32 bits per heavy atom. The molecule has 0 spiro atoms. The molecule has 2 unspecified atom stereocenters. The molecule has 124 valence electrons. The normalized spacial score (nSPS) is 20.8. The lowest BCUT2D eigenvalue weighted by molar-refractivity contribution is 0.0914. The van der Waals surface area contributed by atoms with Crippen molar-refractivity contribution in [3.63, 3.8) is 0 Å². The van der Waals surface area contributed by atoms with Crippen molar-refractivity contribution in [3.05, 3.63) is 29.8 Å². The Kier molecular flexibility index (Phi) is 8.24. The first-order valence-corrected chi connectivity index (χ1v) is 7.44. The van der Waals surface area contributed by atoms with Gasteiger partial charge in [-0.1, -0.05) is 6.92 Å². The number of carbonyl (C=O) groups is 1. The van der Waals surface area contributed by atoms with Gasteiger partial charge < -0.3 is 20.1 Å². The van der Waals surface area contributed by atoms with Crippen LogP contribution < -0.4 is 15.4 Å². The SMILES string of the molecule is COCCOc1ccc(C(=O)NC2CCNCC2C)cc1.Cl. The van der Waals surface area contributed by atoms with Crippen LogP contribution in [0.3, 0.4) is 0 Å². The third-order valence-corrected chi connectivity index (χ3v) is 3.77. The Morgan fingerprint density at radius 3 is 2.68 bits per heavy atom. The zero-order valence-corrected chi connectivity index (χ0v) is 13.9. The summed E-state index contributed by atoms with van der Waals surface area (Å²) >= 11 is 0. The van der Waals surface area contributed by atoms with Gasteiger partial charge in [-0.25, -0.2) is 0 Å². The zero-order chi connectivity index (χ0) is 15.1. The number of hydrogen-bond acceptors (Lipinski definition) is 4. The third-order valence-electron chi connectivity index (χ3n) is 3.77. The van der Waals surface area contributed by atoms with Crippen LogP contribution in [0.5, 0.6) is 5.75 Å². The third kappa shape index (κ3) is 5.48. The summed E-state index contributed by atoms with van der Waals surface area (Å²) in [6.45, 7) is 5.13. The average Bonchev–Trinajstić information content (AvgIpc) is 2.50. The molecule has 6 heteroatoms. The monoisotopic (exact) mass is 328 g/mol. The molecule has 1 amide bonds. The summed E-state index contributed by atoms with van der Waals surface area (Å²) in [5, 5.41) is 6.45. The molecule has 2 rings (SSSR count). The van der Waals surface area contributed by atoms with Gasteiger partial charge in [0.25, 0.3) is 5.91 Å². The topological polar surface area (TPSA) is 59.6 Å². The number of carbonyl (C=O) groups excluding carboxylic acids is 1. The van der Waals surface area contributed by atoms with Gasteiger partial charge in [-0.15, -0.1) is 12.4 Å². The van der Waals surface area contributed by atoms with Crippen LogP contribution in [0.25, 0.3) is 0 Å². The number of methoxy groups -OCH3 is 1. The second-order valence-corrected chi connectivity index (χ2v) is 5.42. The van der Waals surface area contributed by atoms with Gasteiger partial charge in [-0.05, 0) is 49.7 Å². The molecule has 0 aromatic heterocycles. The summed E-state index contributed by atoms with van der Waals surface area (Å²) in [4.78, 5) is 12.2. The van der Waals surface area contributed by atoms with E-state index in [1.54, 1.807) is 19.2 Å². The number of benzene rings is 1. The predicted molar refractivity (Wildman–Crippen MR) is 89.0 cm³/mol. The highest BCUT2D eigenvalue weighted by atomic mass is 35.5. The Bertz CT molecular complexity index is 453. The molecule has 1 aromatic carbocycles. The molecule has 0 bridgehead atoms. The smallest absolute Gasteiger partial charge is 0.251 e. The molecule has 0 radical (unpaired) electrons. The molecule has 5 nitrogen and oxygen atoms in total. The van der Waals surface area contributed by atoms with Gasteiger partial charge in [0, 0.05) is 18.7 Å². The van der Waals surface area contributed by atoms with Gasteiger partial charge in [0.05, 0.1) is 6.61 Å². The predicted octanol–water partition coefficient (Wildman–Crippen LogP) is 1.86. The molecular formula is C16H25ClN2O3. The van der Waals surface area contributed by atoms with Gasteiger partial charge in [0.1, 0.15) is 12.4 Å². The van der Waals surface area contributed by atoms with Crippen molar-refractivity contribution in [1.82, 2.24) is 10.6 Å². The van der Waals surface area contributed by atoms with E-state index in [0.29, 0.717) is 24.7 Å². The lowest BCUT2D eigenvalue weighted by Crippen LogP contribution is -2.48. The first-order chi connectivity index (χ1) is 10.2. The zero-order valence-electron chi connectivity index (χ0n) is 13.1. The molecule has 1 heterocycles. The maximum Gasteiger partial charge on any atom is 0.251 e. The molecule has 2 atom stereocenters. The minimum Gasteiger partial charge on any atom is -0.491 e. The summed E-state index contributed by atoms with van der Waals surface area (Å²) in [6.07, 6.45) is 0.977. The molecular weight excluding hydrogens is 304 g/mol.